The molecule has 2 N–H and O–H groups in total. The van der Waals surface area contributed by atoms with Crippen LogP contribution in [-0.2, 0) is 11.3 Å². The molecule has 160 valence electrons. The van der Waals surface area contributed by atoms with Gasteiger partial charge in [-0.25, -0.2) is 4.79 Å². The van der Waals surface area contributed by atoms with E-state index in [9.17, 15) is 9.59 Å². The second kappa shape index (κ2) is 10.8. The fraction of sp³-hybridized carbons (Fsp3) is 0.200. The van der Waals surface area contributed by atoms with E-state index in [1.54, 1.807) is 36.2 Å². The molecule has 0 bridgehead atoms. The Morgan fingerprint density at radius 3 is 2.45 bits per heavy atom. The number of carbonyl (C=O) groups is 2. The Hall–Kier alpha value is -3.80. The number of anilines is 1. The maximum absolute atomic E-state index is 12.5. The third-order valence-corrected chi connectivity index (χ3v) is 4.66. The van der Waals surface area contributed by atoms with E-state index in [0.717, 1.165) is 16.7 Å². The lowest BCUT2D eigenvalue weighted by atomic mass is 9.99. The van der Waals surface area contributed by atoms with Gasteiger partial charge in [0.1, 0.15) is 12.4 Å². The molecule has 0 atom stereocenters. The van der Waals surface area contributed by atoms with Crippen LogP contribution in [0.2, 0.25) is 0 Å². The number of amides is 3. The Morgan fingerprint density at radius 2 is 1.68 bits per heavy atom. The molecule has 0 saturated carbocycles. The van der Waals surface area contributed by atoms with Crippen molar-refractivity contribution in [3.63, 3.8) is 0 Å². The lowest BCUT2D eigenvalue weighted by Gasteiger charge is -2.20. The van der Waals surface area contributed by atoms with Gasteiger partial charge in [-0.15, -0.1) is 0 Å². The summed E-state index contributed by atoms with van der Waals surface area (Å²) >= 11 is 0. The van der Waals surface area contributed by atoms with Crippen LogP contribution in [0.15, 0.2) is 78.9 Å². The van der Waals surface area contributed by atoms with Crippen molar-refractivity contribution in [1.82, 2.24) is 10.2 Å². The fourth-order valence-electron chi connectivity index (χ4n) is 3.21. The lowest BCUT2D eigenvalue weighted by molar-refractivity contribution is -0.114. The van der Waals surface area contributed by atoms with Crippen LogP contribution in [0.3, 0.4) is 0 Å². The molecule has 0 saturated heterocycles. The summed E-state index contributed by atoms with van der Waals surface area (Å²) in [4.78, 5) is 25.3. The predicted octanol–water partition coefficient (Wildman–Crippen LogP) is 4.53. The highest BCUT2D eigenvalue weighted by Gasteiger charge is 2.12. The van der Waals surface area contributed by atoms with Crippen LogP contribution in [0.25, 0.3) is 11.1 Å². The molecular weight excluding hydrogens is 390 g/mol. The van der Waals surface area contributed by atoms with Crippen molar-refractivity contribution in [1.29, 1.82) is 0 Å². The van der Waals surface area contributed by atoms with Crippen LogP contribution in [0.1, 0.15) is 12.5 Å². The number of hydrogen-bond acceptors (Lipinski definition) is 3. The normalized spacial score (nSPS) is 10.3. The zero-order valence-electron chi connectivity index (χ0n) is 17.8. The fourth-order valence-corrected chi connectivity index (χ4v) is 3.21. The second-order valence-corrected chi connectivity index (χ2v) is 7.17. The molecule has 6 nitrogen and oxygen atoms in total. The summed E-state index contributed by atoms with van der Waals surface area (Å²) in [5, 5.41) is 5.58. The van der Waals surface area contributed by atoms with Gasteiger partial charge in [0.2, 0.25) is 5.91 Å². The highest BCUT2D eigenvalue weighted by molar-refractivity contribution is 5.88. The van der Waals surface area contributed by atoms with Gasteiger partial charge in [-0.3, -0.25) is 4.79 Å². The van der Waals surface area contributed by atoms with Crippen molar-refractivity contribution < 1.29 is 14.3 Å². The smallest absolute Gasteiger partial charge is 0.317 e. The molecule has 0 fully saturated rings. The van der Waals surface area contributed by atoms with Crippen LogP contribution < -0.4 is 15.4 Å². The standard InChI is InChI=1S/C25H27N3O3/c1-19(29)27-22-12-8-13-23(17-22)31-16-15-26-25(30)28(2)18-21-11-6-7-14-24(21)20-9-4-3-5-10-20/h3-14,17H,15-16,18H2,1-2H3,(H,26,30)(H,27,29). The van der Waals surface area contributed by atoms with E-state index in [0.29, 0.717) is 31.1 Å². The Labute approximate surface area is 182 Å². The molecule has 3 aromatic rings. The Morgan fingerprint density at radius 1 is 0.935 bits per heavy atom. The number of nitrogens with zero attached hydrogens (tertiary/aromatic N) is 1. The summed E-state index contributed by atoms with van der Waals surface area (Å²) in [5.74, 6) is 0.493. The van der Waals surface area contributed by atoms with Crippen molar-refractivity contribution in [3.05, 3.63) is 84.4 Å². The molecule has 0 heterocycles. The Balaban J connectivity index is 1.49. The summed E-state index contributed by atoms with van der Waals surface area (Å²) in [7, 11) is 1.77. The van der Waals surface area contributed by atoms with Gasteiger partial charge in [0.15, 0.2) is 0 Å². The van der Waals surface area contributed by atoms with Gasteiger partial charge in [-0.05, 0) is 28.8 Å². The second-order valence-electron chi connectivity index (χ2n) is 7.17. The van der Waals surface area contributed by atoms with Crippen LogP contribution in [0, 0.1) is 0 Å². The SMILES string of the molecule is CC(=O)Nc1cccc(OCCNC(=O)N(C)Cc2ccccc2-c2ccccc2)c1. The van der Waals surface area contributed by atoms with E-state index in [-0.39, 0.29) is 11.9 Å². The molecule has 0 radical (unpaired) electrons. The van der Waals surface area contributed by atoms with Gasteiger partial charge >= 0.3 is 6.03 Å². The molecule has 0 aromatic heterocycles. The third kappa shape index (κ3) is 6.60. The average molecular weight is 418 g/mol. The lowest BCUT2D eigenvalue weighted by Crippen LogP contribution is -2.38. The highest BCUT2D eigenvalue weighted by atomic mass is 16.5. The number of hydrogen-bond donors (Lipinski definition) is 2. The number of rotatable bonds is 8. The zero-order valence-corrected chi connectivity index (χ0v) is 17.8. The van der Waals surface area contributed by atoms with Crippen LogP contribution in [-0.4, -0.2) is 37.0 Å². The van der Waals surface area contributed by atoms with E-state index < -0.39 is 0 Å². The summed E-state index contributed by atoms with van der Waals surface area (Å²) in [5.41, 5.74) is 4.00. The van der Waals surface area contributed by atoms with Gasteiger partial charge in [-0.2, -0.15) is 0 Å². The summed E-state index contributed by atoms with van der Waals surface area (Å²) < 4.78 is 5.67. The average Bonchev–Trinajstić information content (AvgIpc) is 2.77. The highest BCUT2D eigenvalue weighted by Crippen LogP contribution is 2.24. The molecule has 0 unspecified atom stereocenters. The topological polar surface area (TPSA) is 70.7 Å². The monoisotopic (exact) mass is 417 g/mol. The number of urea groups is 1. The minimum atomic E-state index is -0.168. The Bertz CT molecular complexity index is 1020. The zero-order chi connectivity index (χ0) is 22.1. The van der Waals surface area contributed by atoms with Crippen LogP contribution >= 0.6 is 0 Å². The van der Waals surface area contributed by atoms with Gasteiger partial charge in [0.05, 0.1) is 6.54 Å². The number of ether oxygens (including phenoxy) is 1. The molecule has 0 spiro atoms. The molecule has 3 aromatic carbocycles. The van der Waals surface area contributed by atoms with Gasteiger partial charge in [0.25, 0.3) is 0 Å². The Kier molecular flexibility index (Phi) is 7.65. The first-order valence-electron chi connectivity index (χ1n) is 10.2. The predicted molar refractivity (Wildman–Crippen MR) is 123 cm³/mol. The maximum Gasteiger partial charge on any atom is 0.317 e. The number of benzene rings is 3. The molecular formula is C25H27N3O3. The molecule has 0 aliphatic heterocycles. The molecule has 3 rings (SSSR count). The minimum absolute atomic E-state index is 0.138. The number of carbonyl (C=O) groups excluding carboxylic acids is 2. The van der Waals surface area contributed by atoms with E-state index in [4.69, 9.17) is 4.74 Å². The first-order chi connectivity index (χ1) is 15.0. The van der Waals surface area contributed by atoms with Crippen molar-refractivity contribution in [2.75, 3.05) is 25.5 Å². The first kappa shape index (κ1) is 21.9. The first-order valence-corrected chi connectivity index (χ1v) is 10.2. The number of nitrogens with one attached hydrogen (secondary N) is 2. The minimum Gasteiger partial charge on any atom is -0.492 e. The third-order valence-electron chi connectivity index (χ3n) is 4.66. The van der Waals surface area contributed by atoms with Gasteiger partial charge < -0.3 is 20.3 Å². The summed E-state index contributed by atoms with van der Waals surface area (Å²) in [6.45, 7) is 2.64. The summed E-state index contributed by atoms with van der Waals surface area (Å²) in [6, 6.07) is 25.2. The largest absolute Gasteiger partial charge is 0.492 e. The van der Waals surface area contributed by atoms with Gasteiger partial charge in [0, 0.05) is 32.3 Å². The summed E-state index contributed by atoms with van der Waals surface area (Å²) in [6.07, 6.45) is 0. The van der Waals surface area contributed by atoms with Crippen LogP contribution in [0.4, 0.5) is 10.5 Å². The van der Waals surface area contributed by atoms with E-state index >= 15 is 0 Å². The van der Waals surface area contributed by atoms with Crippen molar-refractivity contribution >= 4 is 17.6 Å². The van der Waals surface area contributed by atoms with Crippen molar-refractivity contribution in [2.45, 2.75) is 13.5 Å². The molecule has 3 amide bonds. The molecule has 6 heteroatoms. The van der Waals surface area contributed by atoms with Gasteiger partial charge in [-0.1, -0.05) is 60.7 Å². The molecule has 31 heavy (non-hydrogen) atoms. The van der Waals surface area contributed by atoms with E-state index in [2.05, 4.69) is 28.8 Å². The van der Waals surface area contributed by atoms with Crippen molar-refractivity contribution in [3.8, 4) is 16.9 Å². The molecule has 0 aliphatic rings. The van der Waals surface area contributed by atoms with Crippen LogP contribution in [0.5, 0.6) is 5.75 Å². The maximum atomic E-state index is 12.5. The molecule has 0 aliphatic carbocycles. The quantitative estimate of drug-likeness (QED) is 0.529. The van der Waals surface area contributed by atoms with Crippen molar-refractivity contribution in [2.24, 2.45) is 0 Å². The van der Waals surface area contributed by atoms with E-state index in [1.807, 2.05) is 36.4 Å². The van der Waals surface area contributed by atoms with E-state index in [1.165, 1.54) is 6.92 Å².